The number of amides is 1. The van der Waals surface area contributed by atoms with Gasteiger partial charge in [-0.05, 0) is 31.2 Å². The second kappa shape index (κ2) is 7.95. The SMILES string of the molecule is COCCn1c(=NC(=O)c2ccc(C(C)=O)cc2)sc2cccc(Cl)c21. The van der Waals surface area contributed by atoms with E-state index in [9.17, 15) is 9.59 Å². The number of ether oxygens (including phenoxy) is 1. The van der Waals surface area contributed by atoms with Gasteiger partial charge >= 0.3 is 0 Å². The summed E-state index contributed by atoms with van der Waals surface area (Å²) < 4.78 is 8.01. The Hall–Kier alpha value is -2.28. The van der Waals surface area contributed by atoms with Crippen LogP contribution in [-0.2, 0) is 11.3 Å². The molecule has 0 aliphatic rings. The van der Waals surface area contributed by atoms with Crippen LogP contribution in [0.1, 0.15) is 27.6 Å². The summed E-state index contributed by atoms with van der Waals surface area (Å²) in [5.74, 6) is -0.411. The number of rotatable bonds is 5. The van der Waals surface area contributed by atoms with Gasteiger partial charge in [0.25, 0.3) is 5.91 Å². The molecule has 0 bridgehead atoms. The number of Topliss-reactive ketones (excluding diaryl/α,β-unsaturated/α-hetero) is 1. The van der Waals surface area contributed by atoms with Gasteiger partial charge in [-0.25, -0.2) is 0 Å². The van der Waals surface area contributed by atoms with Crippen molar-refractivity contribution in [3.05, 3.63) is 63.4 Å². The van der Waals surface area contributed by atoms with Gasteiger partial charge in [-0.15, -0.1) is 0 Å². The molecule has 26 heavy (non-hydrogen) atoms. The molecule has 134 valence electrons. The van der Waals surface area contributed by atoms with Crippen LogP contribution in [-0.4, -0.2) is 30.0 Å². The molecule has 0 spiro atoms. The lowest BCUT2D eigenvalue weighted by atomic mass is 10.1. The van der Waals surface area contributed by atoms with Crippen molar-refractivity contribution in [2.45, 2.75) is 13.5 Å². The van der Waals surface area contributed by atoms with Crippen molar-refractivity contribution in [3.8, 4) is 0 Å². The number of fused-ring (bicyclic) bond motifs is 1. The Kier molecular flexibility index (Phi) is 5.66. The zero-order chi connectivity index (χ0) is 18.7. The molecule has 3 aromatic rings. The summed E-state index contributed by atoms with van der Waals surface area (Å²) in [4.78, 5) is 28.8. The Morgan fingerprint density at radius 2 is 1.85 bits per heavy atom. The number of thiazole rings is 1. The molecule has 1 heterocycles. The van der Waals surface area contributed by atoms with E-state index in [1.54, 1.807) is 31.4 Å². The van der Waals surface area contributed by atoms with E-state index in [0.29, 0.717) is 34.1 Å². The van der Waals surface area contributed by atoms with Crippen molar-refractivity contribution in [1.82, 2.24) is 4.57 Å². The lowest BCUT2D eigenvalue weighted by Gasteiger charge is -2.05. The Labute approximate surface area is 159 Å². The first kappa shape index (κ1) is 18.5. The Balaban J connectivity index is 2.06. The molecule has 0 saturated carbocycles. The lowest BCUT2D eigenvalue weighted by Crippen LogP contribution is -2.19. The average molecular weight is 389 g/mol. The van der Waals surface area contributed by atoms with Crippen LogP contribution in [0.25, 0.3) is 10.2 Å². The smallest absolute Gasteiger partial charge is 0.279 e. The van der Waals surface area contributed by atoms with Crippen LogP contribution in [0.2, 0.25) is 5.02 Å². The Bertz CT molecular complexity index is 1040. The van der Waals surface area contributed by atoms with Crippen molar-refractivity contribution < 1.29 is 14.3 Å². The van der Waals surface area contributed by atoms with Gasteiger partial charge < -0.3 is 9.30 Å². The number of methoxy groups -OCH3 is 1. The summed E-state index contributed by atoms with van der Waals surface area (Å²) >= 11 is 7.74. The monoisotopic (exact) mass is 388 g/mol. The quantitative estimate of drug-likeness (QED) is 0.622. The summed E-state index contributed by atoms with van der Waals surface area (Å²) in [6.07, 6.45) is 0. The number of carbonyl (C=O) groups excluding carboxylic acids is 2. The maximum absolute atomic E-state index is 12.6. The molecule has 5 nitrogen and oxygen atoms in total. The van der Waals surface area contributed by atoms with E-state index in [4.69, 9.17) is 16.3 Å². The molecule has 0 unspecified atom stereocenters. The molecule has 0 N–H and O–H groups in total. The molecule has 0 atom stereocenters. The minimum absolute atomic E-state index is 0.0440. The second-order valence-electron chi connectivity index (χ2n) is 5.67. The van der Waals surface area contributed by atoms with Crippen molar-refractivity contribution in [2.24, 2.45) is 4.99 Å². The minimum Gasteiger partial charge on any atom is -0.383 e. The van der Waals surface area contributed by atoms with Gasteiger partial charge in [0.1, 0.15) is 0 Å². The lowest BCUT2D eigenvalue weighted by molar-refractivity contribution is 0.0991. The third-order valence-electron chi connectivity index (χ3n) is 3.91. The standard InChI is InChI=1S/C19H17ClN2O3S/c1-12(23)13-6-8-14(9-7-13)18(24)21-19-22(10-11-25-2)17-15(20)4-3-5-16(17)26-19/h3-9H,10-11H2,1-2H3. The van der Waals surface area contributed by atoms with Crippen LogP contribution in [0.4, 0.5) is 0 Å². The van der Waals surface area contributed by atoms with Crippen LogP contribution in [0.15, 0.2) is 47.5 Å². The number of para-hydroxylation sites is 1. The van der Waals surface area contributed by atoms with E-state index in [-0.39, 0.29) is 11.7 Å². The van der Waals surface area contributed by atoms with E-state index in [1.807, 2.05) is 22.8 Å². The number of halogens is 1. The Morgan fingerprint density at radius 3 is 2.50 bits per heavy atom. The first-order valence-electron chi connectivity index (χ1n) is 7.98. The predicted octanol–water partition coefficient (Wildman–Crippen LogP) is 3.95. The van der Waals surface area contributed by atoms with Crippen LogP contribution in [0.5, 0.6) is 0 Å². The molecule has 0 fully saturated rings. The minimum atomic E-state index is -0.367. The maximum Gasteiger partial charge on any atom is 0.279 e. The van der Waals surface area contributed by atoms with Gasteiger partial charge in [-0.3, -0.25) is 9.59 Å². The molecule has 1 amide bonds. The third-order valence-corrected chi connectivity index (χ3v) is 5.26. The van der Waals surface area contributed by atoms with E-state index in [2.05, 4.69) is 4.99 Å². The van der Waals surface area contributed by atoms with Crippen LogP contribution in [0.3, 0.4) is 0 Å². The predicted molar refractivity (Wildman–Crippen MR) is 103 cm³/mol. The van der Waals surface area contributed by atoms with E-state index >= 15 is 0 Å². The fourth-order valence-electron chi connectivity index (χ4n) is 2.56. The van der Waals surface area contributed by atoms with Crippen LogP contribution >= 0.6 is 22.9 Å². The first-order valence-corrected chi connectivity index (χ1v) is 9.17. The molecular weight excluding hydrogens is 372 g/mol. The van der Waals surface area contributed by atoms with E-state index < -0.39 is 0 Å². The molecule has 7 heteroatoms. The highest BCUT2D eigenvalue weighted by atomic mass is 35.5. The second-order valence-corrected chi connectivity index (χ2v) is 7.08. The van der Waals surface area contributed by atoms with Crippen LogP contribution in [0, 0.1) is 0 Å². The van der Waals surface area contributed by atoms with Gasteiger partial charge in [0.15, 0.2) is 10.6 Å². The van der Waals surface area contributed by atoms with Gasteiger partial charge in [-0.1, -0.05) is 41.1 Å². The molecule has 2 aromatic carbocycles. The fraction of sp³-hybridized carbons (Fsp3) is 0.211. The van der Waals surface area contributed by atoms with Crippen molar-refractivity contribution >= 4 is 44.8 Å². The first-order chi connectivity index (χ1) is 12.5. The molecule has 1 aromatic heterocycles. The van der Waals surface area contributed by atoms with Crippen molar-refractivity contribution in [3.63, 3.8) is 0 Å². The van der Waals surface area contributed by atoms with Gasteiger partial charge in [-0.2, -0.15) is 4.99 Å². The summed E-state index contributed by atoms with van der Waals surface area (Å²) in [6.45, 7) is 2.50. The number of nitrogens with zero attached hydrogens (tertiary/aromatic N) is 2. The molecule has 3 rings (SSSR count). The van der Waals surface area contributed by atoms with Crippen LogP contribution < -0.4 is 4.80 Å². The van der Waals surface area contributed by atoms with Gasteiger partial charge in [0.2, 0.25) is 0 Å². The largest absolute Gasteiger partial charge is 0.383 e. The summed E-state index contributed by atoms with van der Waals surface area (Å²) in [6, 6.07) is 12.1. The molecule has 0 aliphatic carbocycles. The normalized spacial score (nSPS) is 11.9. The summed E-state index contributed by atoms with van der Waals surface area (Å²) in [5.41, 5.74) is 1.83. The number of hydrogen-bond donors (Lipinski definition) is 0. The number of benzene rings is 2. The van der Waals surface area contributed by atoms with Crippen molar-refractivity contribution in [1.29, 1.82) is 0 Å². The summed E-state index contributed by atoms with van der Waals surface area (Å²) in [7, 11) is 1.62. The van der Waals surface area contributed by atoms with Gasteiger partial charge in [0.05, 0.1) is 21.8 Å². The third kappa shape index (κ3) is 3.77. The molecule has 0 aliphatic heterocycles. The summed E-state index contributed by atoms with van der Waals surface area (Å²) in [5, 5.41) is 0.606. The zero-order valence-corrected chi connectivity index (χ0v) is 15.9. The maximum atomic E-state index is 12.6. The highest BCUT2D eigenvalue weighted by Crippen LogP contribution is 2.25. The fourth-order valence-corrected chi connectivity index (χ4v) is 3.98. The average Bonchev–Trinajstić information content (AvgIpc) is 2.98. The topological polar surface area (TPSA) is 60.7 Å². The molecular formula is C19H17ClN2O3S. The van der Waals surface area contributed by atoms with Crippen molar-refractivity contribution in [2.75, 3.05) is 13.7 Å². The zero-order valence-electron chi connectivity index (χ0n) is 14.4. The number of carbonyl (C=O) groups is 2. The molecule has 0 radical (unpaired) electrons. The van der Waals surface area contributed by atoms with Gasteiger partial charge in [0, 0.05) is 24.8 Å². The number of ketones is 1. The highest BCUT2D eigenvalue weighted by molar-refractivity contribution is 7.16. The number of aromatic nitrogens is 1. The number of hydrogen-bond acceptors (Lipinski definition) is 4. The Morgan fingerprint density at radius 1 is 1.15 bits per heavy atom. The highest BCUT2D eigenvalue weighted by Gasteiger charge is 2.12. The van der Waals surface area contributed by atoms with E-state index in [1.165, 1.54) is 18.3 Å². The van der Waals surface area contributed by atoms with E-state index in [0.717, 1.165) is 10.2 Å². The molecule has 0 saturated heterocycles.